The van der Waals surface area contributed by atoms with E-state index in [0.717, 1.165) is 5.56 Å². The van der Waals surface area contributed by atoms with Gasteiger partial charge >= 0.3 is 0 Å². The Kier molecular flexibility index (Phi) is 5.14. The summed E-state index contributed by atoms with van der Waals surface area (Å²) in [6.45, 7) is 3.03. The van der Waals surface area contributed by atoms with Crippen LogP contribution in [0.15, 0.2) is 35.1 Å². The Balaban J connectivity index is 1.72. The zero-order chi connectivity index (χ0) is 17.8. The molecule has 7 heteroatoms. The van der Waals surface area contributed by atoms with Gasteiger partial charge in [-0.2, -0.15) is 0 Å². The molecule has 1 fully saturated rings. The van der Waals surface area contributed by atoms with Crippen molar-refractivity contribution in [3.05, 3.63) is 57.8 Å². The molecule has 1 unspecified atom stereocenters. The van der Waals surface area contributed by atoms with Crippen LogP contribution in [-0.4, -0.2) is 47.6 Å². The lowest BCUT2D eigenvalue weighted by Crippen LogP contribution is -2.43. The highest BCUT2D eigenvalue weighted by molar-refractivity contribution is 5.79. The monoisotopic (exact) mass is 343 g/mol. The summed E-state index contributed by atoms with van der Waals surface area (Å²) in [5.41, 5.74) is 1.18. The van der Waals surface area contributed by atoms with E-state index in [-0.39, 0.29) is 17.9 Å². The van der Waals surface area contributed by atoms with E-state index in [4.69, 9.17) is 9.47 Å². The minimum Gasteiger partial charge on any atom is -0.496 e. The Morgan fingerprint density at radius 1 is 1.44 bits per heavy atom. The molecule has 0 bridgehead atoms. The molecule has 1 aliphatic rings. The summed E-state index contributed by atoms with van der Waals surface area (Å²) in [7, 11) is 1.59. The molecule has 2 aromatic rings. The van der Waals surface area contributed by atoms with Crippen LogP contribution in [0.5, 0.6) is 5.75 Å². The first-order valence-corrected chi connectivity index (χ1v) is 8.16. The van der Waals surface area contributed by atoms with Crippen molar-refractivity contribution in [2.75, 3.05) is 26.8 Å². The highest BCUT2D eigenvalue weighted by Gasteiger charge is 2.27. The quantitative estimate of drug-likeness (QED) is 0.903. The van der Waals surface area contributed by atoms with Gasteiger partial charge in [0.25, 0.3) is 5.56 Å². The minimum atomic E-state index is -0.392. The van der Waals surface area contributed by atoms with E-state index in [1.54, 1.807) is 18.9 Å². The molecule has 1 saturated heterocycles. The van der Waals surface area contributed by atoms with Crippen molar-refractivity contribution in [3.8, 4) is 5.75 Å². The summed E-state index contributed by atoms with van der Waals surface area (Å²) in [6, 6.07) is 8.91. The van der Waals surface area contributed by atoms with Crippen LogP contribution in [0, 0.1) is 6.92 Å². The summed E-state index contributed by atoms with van der Waals surface area (Å²) in [5, 5.41) is 0. The molecule has 0 aliphatic carbocycles. The van der Waals surface area contributed by atoms with Crippen LogP contribution in [0.4, 0.5) is 0 Å². The second-order valence-electron chi connectivity index (χ2n) is 5.94. The first kappa shape index (κ1) is 17.2. The molecule has 25 heavy (non-hydrogen) atoms. The molecule has 1 atom stereocenters. The number of ether oxygens (including phenoxy) is 2. The van der Waals surface area contributed by atoms with Gasteiger partial charge in [-0.1, -0.05) is 18.2 Å². The fourth-order valence-corrected chi connectivity index (χ4v) is 2.95. The number of H-pyrrole nitrogens is 1. The highest BCUT2D eigenvalue weighted by Crippen LogP contribution is 2.22. The van der Waals surface area contributed by atoms with Crippen molar-refractivity contribution in [1.29, 1.82) is 0 Å². The molecule has 2 heterocycles. The third kappa shape index (κ3) is 4.06. The normalized spacial score (nSPS) is 17.4. The third-order valence-electron chi connectivity index (χ3n) is 4.16. The molecule has 0 saturated carbocycles. The Morgan fingerprint density at radius 3 is 3.00 bits per heavy atom. The van der Waals surface area contributed by atoms with Crippen LogP contribution >= 0.6 is 0 Å². The number of carbonyl (C=O) groups is 1. The minimum absolute atomic E-state index is 0.000590. The van der Waals surface area contributed by atoms with Gasteiger partial charge in [0, 0.05) is 18.2 Å². The van der Waals surface area contributed by atoms with Gasteiger partial charge in [-0.3, -0.25) is 9.59 Å². The SMILES string of the molecule is COc1ccccc1CC(=O)N1CCOC(c2cc(=O)[nH]c(C)n2)C1. The maximum absolute atomic E-state index is 12.7. The lowest BCUT2D eigenvalue weighted by molar-refractivity contribution is -0.138. The number of para-hydroxylation sites is 1. The lowest BCUT2D eigenvalue weighted by Gasteiger charge is -2.32. The van der Waals surface area contributed by atoms with Crippen LogP contribution in [0.3, 0.4) is 0 Å². The third-order valence-corrected chi connectivity index (χ3v) is 4.16. The number of rotatable bonds is 4. The predicted octanol–water partition coefficient (Wildman–Crippen LogP) is 1.23. The van der Waals surface area contributed by atoms with E-state index in [1.807, 2.05) is 24.3 Å². The number of nitrogens with one attached hydrogen (secondary N) is 1. The number of aromatic amines is 1. The number of benzene rings is 1. The second kappa shape index (κ2) is 7.48. The van der Waals surface area contributed by atoms with Gasteiger partial charge in [0.1, 0.15) is 17.7 Å². The number of methoxy groups -OCH3 is 1. The van der Waals surface area contributed by atoms with Crippen LogP contribution in [0.25, 0.3) is 0 Å². The number of morpholine rings is 1. The maximum Gasteiger partial charge on any atom is 0.251 e. The molecular weight excluding hydrogens is 322 g/mol. The average molecular weight is 343 g/mol. The fourth-order valence-electron chi connectivity index (χ4n) is 2.95. The molecule has 0 spiro atoms. The van der Waals surface area contributed by atoms with Gasteiger partial charge in [0.15, 0.2) is 0 Å². The van der Waals surface area contributed by atoms with Crippen LogP contribution in [0.1, 0.15) is 23.2 Å². The van der Waals surface area contributed by atoms with Gasteiger partial charge in [-0.05, 0) is 13.0 Å². The Morgan fingerprint density at radius 2 is 2.24 bits per heavy atom. The molecule has 1 aliphatic heterocycles. The largest absolute Gasteiger partial charge is 0.496 e. The summed E-state index contributed by atoms with van der Waals surface area (Å²) in [4.78, 5) is 33.0. The first-order valence-electron chi connectivity index (χ1n) is 8.16. The number of amides is 1. The van der Waals surface area contributed by atoms with Gasteiger partial charge in [0.05, 0.1) is 32.4 Å². The summed E-state index contributed by atoms with van der Waals surface area (Å²) in [6.07, 6.45) is -0.130. The van der Waals surface area contributed by atoms with E-state index in [9.17, 15) is 9.59 Å². The van der Waals surface area contributed by atoms with Gasteiger partial charge in [-0.15, -0.1) is 0 Å². The number of hydrogen-bond acceptors (Lipinski definition) is 5. The molecule has 1 N–H and O–H groups in total. The van der Waals surface area contributed by atoms with Crippen LogP contribution in [-0.2, 0) is 16.0 Å². The van der Waals surface area contributed by atoms with Gasteiger partial charge < -0.3 is 19.4 Å². The lowest BCUT2D eigenvalue weighted by atomic mass is 10.1. The molecule has 1 amide bonds. The Labute approximate surface area is 145 Å². The molecule has 7 nitrogen and oxygen atoms in total. The van der Waals surface area contributed by atoms with E-state index in [2.05, 4.69) is 9.97 Å². The predicted molar refractivity (Wildman–Crippen MR) is 91.6 cm³/mol. The summed E-state index contributed by atoms with van der Waals surface area (Å²) >= 11 is 0. The maximum atomic E-state index is 12.7. The van der Waals surface area contributed by atoms with Gasteiger partial charge in [-0.25, -0.2) is 4.98 Å². The second-order valence-corrected chi connectivity index (χ2v) is 5.94. The number of hydrogen-bond donors (Lipinski definition) is 1. The number of carbonyl (C=O) groups excluding carboxylic acids is 1. The standard InChI is InChI=1S/C18H21N3O4/c1-12-19-14(10-17(22)20-12)16-11-21(7-8-25-16)18(23)9-13-5-3-4-6-15(13)24-2/h3-6,10,16H,7-9,11H2,1-2H3,(H,19,20,22). The van der Waals surface area contributed by atoms with Crippen LogP contribution in [0.2, 0.25) is 0 Å². The zero-order valence-electron chi connectivity index (χ0n) is 14.3. The van der Waals surface area contributed by atoms with Crippen molar-refractivity contribution in [1.82, 2.24) is 14.9 Å². The van der Waals surface area contributed by atoms with Gasteiger partial charge in [0.2, 0.25) is 5.91 Å². The number of aromatic nitrogens is 2. The molecule has 0 radical (unpaired) electrons. The van der Waals surface area contributed by atoms with E-state index in [0.29, 0.717) is 37.0 Å². The summed E-state index contributed by atoms with van der Waals surface area (Å²) < 4.78 is 11.0. The van der Waals surface area contributed by atoms with Crippen molar-refractivity contribution >= 4 is 5.91 Å². The Hall–Kier alpha value is -2.67. The zero-order valence-corrected chi connectivity index (χ0v) is 14.3. The Bertz CT molecular complexity index is 818. The smallest absolute Gasteiger partial charge is 0.251 e. The highest BCUT2D eigenvalue weighted by atomic mass is 16.5. The van der Waals surface area contributed by atoms with Crippen molar-refractivity contribution in [2.45, 2.75) is 19.4 Å². The number of aryl methyl sites for hydroxylation is 1. The van der Waals surface area contributed by atoms with E-state index < -0.39 is 6.10 Å². The van der Waals surface area contributed by atoms with Crippen molar-refractivity contribution in [2.24, 2.45) is 0 Å². The average Bonchev–Trinajstić information content (AvgIpc) is 2.61. The van der Waals surface area contributed by atoms with E-state index >= 15 is 0 Å². The van der Waals surface area contributed by atoms with E-state index in [1.165, 1.54) is 6.07 Å². The topological polar surface area (TPSA) is 84.5 Å². The molecule has 1 aromatic carbocycles. The molecule has 1 aromatic heterocycles. The molecular formula is C18H21N3O4. The number of nitrogens with zero attached hydrogens (tertiary/aromatic N) is 2. The van der Waals surface area contributed by atoms with Crippen molar-refractivity contribution in [3.63, 3.8) is 0 Å². The van der Waals surface area contributed by atoms with Crippen molar-refractivity contribution < 1.29 is 14.3 Å². The fraction of sp³-hybridized carbons (Fsp3) is 0.389. The van der Waals surface area contributed by atoms with Crippen LogP contribution < -0.4 is 10.3 Å². The summed E-state index contributed by atoms with van der Waals surface area (Å²) in [5.74, 6) is 1.23. The first-order chi connectivity index (χ1) is 12.1. The molecule has 132 valence electrons. The molecule has 3 rings (SSSR count).